The highest BCUT2D eigenvalue weighted by molar-refractivity contribution is 4.98. The zero-order valence-corrected chi connectivity index (χ0v) is 13.6. The quantitative estimate of drug-likeness (QED) is 0.288. The van der Waals surface area contributed by atoms with Gasteiger partial charge in [-0.05, 0) is 30.8 Å². The van der Waals surface area contributed by atoms with Gasteiger partial charge in [-0.25, -0.2) is 0 Å². The summed E-state index contributed by atoms with van der Waals surface area (Å²) in [5, 5.41) is 9.37. The standard InChI is InChI=1S/C18H36O/c1-4-7-10-11-14-17(12-8-5-2)15-18(16-19)13-9-6-3/h16-17,19H,4-15H2,1-3H3/b18-16+. The van der Waals surface area contributed by atoms with E-state index in [1.807, 2.05) is 0 Å². The summed E-state index contributed by atoms with van der Waals surface area (Å²) in [6.45, 7) is 6.76. The van der Waals surface area contributed by atoms with E-state index in [0.717, 1.165) is 18.8 Å². The van der Waals surface area contributed by atoms with Crippen LogP contribution in [0.4, 0.5) is 0 Å². The Kier molecular flexibility index (Phi) is 13.6. The van der Waals surface area contributed by atoms with Crippen molar-refractivity contribution in [2.24, 2.45) is 5.92 Å². The Balaban J connectivity index is 4.07. The molecule has 0 aliphatic rings. The predicted octanol–water partition coefficient (Wildman–Crippen LogP) is 6.79. The Hall–Kier alpha value is -0.460. The summed E-state index contributed by atoms with van der Waals surface area (Å²) in [5.74, 6) is 0.798. The molecule has 0 rings (SSSR count). The van der Waals surface area contributed by atoms with Crippen LogP contribution in [-0.2, 0) is 0 Å². The fourth-order valence-corrected chi connectivity index (χ4v) is 2.69. The third-order valence-electron chi connectivity index (χ3n) is 4.02. The molecule has 1 unspecified atom stereocenters. The molecule has 1 atom stereocenters. The molecule has 0 spiro atoms. The number of rotatable bonds is 13. The van der Waals surface area contributed by atoms with Crippen molar-refractivity contribution in [3.63, 3.8) is 0 Å². The van der Waals surface area contributed by atoms with E-state index >= 15 is 0 Å². The van der Waals surface area contributed by atoms with E-state index in [-0.39, 0.29) is 0 Å². The van der Waals surface area contributed by atoms with Crippen molar-refractivity contribution in [1.29, 1.82) is 0 Å². The summed E-state index contributed by atoms with van der Waals surface area (Å²) in [6, 6.07) is 0. The van der Waals surface area contributed by atoms with Gasteiger partial charge >= 0.3 is 0 Å². The average Bonchev–Trinajstić information content (AvgIpc) is 2.44. The van der Waals surface area contributed by atoms with Crippen LogP contribution in [0.15, 0.2) is 11.8 Å². The van der Waals surface area contributed by atoms with Crippen molar-refractivity contribution in [3.8, 4) is 0 Å². The number of hydrogen-bond acceptors (Lipinski definition) is 1. The van der Waals surface area contributed by atoms with Crippen molar-refractivity contribution in [2.75, 3.05) is 0 Å². The maximum atomic E-state index is 9.37. The highest BCUT2D eigenvalue weighted by Gasteiger charge is 2.11. The van der Waals surface area contributed by atoms with E-state index in [1.54, 1.807) is 0 Å². The molecule has 114 valence electrons. The van der Waals surface area contributed by atoms with Gasteiger partial charge in [-0.2, -0.15) is 0 Å². The largest absolute Gasteiger partial charge is 0.516 e. The molecule has 0 aromatic heterocycles. The zero-order chi connectivity index (χ0) is 14.3. The summed E-state index contributed by atoms with van der Waals surface area (Å²) in [5.41, 5.74) is 1.28. The van der Waals surface area contributed by atoms with Gasteiger partial charge in [0.2, 0.25) is 0 Å². The minimum absolute atomic E-state index is 0.798. The molecule has 19 heavy (non-hydrogen) atoms. The van der Waals surface area contributed by atoms with Gasteiger partial charge in [0.1, 0.15) is 0 Å². The van der Waals surface area contributed by atoms with Gasteiger partial charge < -0.3 is 5.11 Å². The lowest BCUT2D eigenvalue weighted by atomic mass is 9.88. The van der Waals surface area contributed by atoms with Gasteiger partial charge in [-0.15, -0.1) is 0 Å². The molecule has 1 heteroatoms. The van der Waals surface area contributed by atoms with Gasteiger partial charge in [0, 0.05) is 0 Å². The SMILES string of the molecule is CCCCCCC(CCCC)C/C(=C/O)CCCC. The lowest BCUT2D eigenvalue weighted by Gasteiger charge is -2.18. The van der Waals surface area contributed by atoms with Crippen molar-refractivity contribution < 1.29 is 5.11 Å². The molecule has 0 amide bonds. The first-order valence-electron chi connectivity index (χ1n) is 8.60. The molecule has 0 radical (unpaired) electrons. The molecule has 0 aromatic rings. The van der Waals surface area contributed by atoms with Crippen LogP contribution in [0.1, 0.15) is 97.8 Å². The maximum absolute atomic E-state index is 9.37. The highest BCUT2D eigenvalue weighted by Crippen LogP contribution is 2.26. The summed E-state index contributed by atoms with van der Waals surface area (Å²) >= 11 is 0. The Bertz CT molecular complexity index is 208. The summed E-state index contributed by atoms with van der Waals surface area (Å²) in [4.78, 5) is 0. The second-order valence-corrected chi connectivity index (χ2v) is 5.95. The van der Waals surface area contributed by atoms with Crippen molar-refractivity contribution in [3.05, 3.63) is 11.8 Å². The molecular formula is C18H36O. The van der Waals surface area contributed by atoms with Gasteiger partial charge in [-0.1, -0.05) is 78.6 Å². The first-order valence-corrected chi connectivity index (χ1v) is 8.60. The number of hydrogen-bond donors (Lipinski definition) is 1. The van der Waals surface area contributed by atoms with Crippen LogP contribution in [0.3, 0.4) is 0 Å². The van der Waals surface area contributed by atoms with E-state index in [9.17, 15) is 5.11 Å². The molecule has 0 bridgehead atoms. The Morgan fingerprint density at radius 1 is 0.842 bits per heavy atom. The Morgan fingerprint density at radius 3 is 2.05 bits per heavy atom. The van der Waals surface area contributed by atoms with Crippen molar-refractivity contribution >= 4 is 0 Å². The van der Waals surface area contributed by atoms with E-state index in [0.29, 0.717) is 0 Å². The van der Waals surface area contributed by atoms with Crippen LogP contribution < -0.4 is 0 Å². The second kappa shape index (κ2) is 14.0. The fourth-order valence-electron chi connectivity index (χ4n) is 2.69. The third kappa shape index (κ3) is 11.1. The topological polar surface area (TPSA) is 20.2 Å². The van der Waals surface area contributed by atoms with Crippen LogP contribution in [-0.4, -0.2) is 5.11 Å². The van der Waals surface area contributed by atoms with Crippen molar-refractivity contribution in [2.45, 2.75) is 97.8 Å². The maximum Gasteiger partial charge on any atom is 0.0783 e. The lowest BCUT2D eigenvalue weighted by Crippen LogP contribution is -2.03. The minimum atomic E-state index is 0.798. The van der Waals surface area contributed by atoms with E-state index < -0.39 is 0 Å². The van der Waals surface area contributed by atoms with E-state index in [1.165, 1.54) is 76.0 Å². The smallest absolute Gasteiger partial charge is 0.0783 e. The molecule has 1 N–H and O–H groups in total. The van der Waals surface area contributed by atoms with Gasteiger partial charge in [0.25, 0.3) is 0 Å². The molecule has 1 nitrogen and oxygen atoms in total. The van der Waals surface area contributed by atoms with Crippen LogP contribution in [0.5, 0.6) is 0 Å². The van der Waals surface area contributed by atoms with Gasteiger partial charge in [0.05, 0.1) is 6.26 Å². The highest BCUT2D eigenvalue weighted by atomic mass is 16.2. The van der Waals surface area contributed by atoms with E-state index in [4.69, 9.17) is 0 Å². The first kappa shape index (κ1) is 18.5. The molecule has 0 heterocycles. The molecule has 0 aliphatic heterocycles. The lowest BCUT2D eigenvalue weighted by molar-refractivity contribution is 0.392. The molecule has 0 saturated carbocycles. The summed E-state index contributed by atoms with van der Waals surface area (Å²) in [7, 11) is 0. The number of unbranched alkanes of at least 4 members (excludes halogenated alkanes) is 5. The van der Waals surface area contributed by atoms with Crippen LogP contribution >= 0.6 is 0 Å². The molecule has 0 saturated heterocycles. The minimum Gasteiger partial charge on any atom is -0.516 e. The summed E-state index contributed by atoms with van der Waals surface area (Å²) < 4.78 is 0. The van der Waals surface area contributed by atoms with Crippen LogP contribution in [0, 0.1) is 5.92 Å². The van der Waals surface area contributed by atoms with Gasteiger partial charge in [-0.3, -0.25) is 0 Å². The Labute approximate surface area is 121 Å². The molecular weight excluding hydrogens is 232 g/mol. The zero-order valence-electron chi connectivity index (χ0n) is 13.6. The number of allylic oxidation sites excluding steroid dienone is 1. The van der Waals surface area contributed by atoms with E-state index in [2.05, 4.69) is 20.8 Å². The van der Waals surface area contributed by atoms with Crippen LogP contribution in [0.25, 0.3) is 0 Å². The average molecular weight is 268 g/mol. The Morgan fingerprint density at radius 2 is 1.47 bits per heavy atom. The molecule has 0 aliphatic carbocycles. The van der Waals surface area contributed by atoms with Crippen molar-refractivity contribution in [1.82, 2.24) is 0 Å². The first-order chi connectivity index (χ1) is 9.28. The second-order valence-electron chi connectivity index (χ2n) is 5.95. The number of aliphatic hydroxyl groups is 1. The third-order valence-corrected chi connectivity index (χ3v) is 4.02. The summed E-state index contributed by atoms with van der Waals surface area (Å²) in [6.07, 6.45) is 16.8. The molecule has 0 fully saturated rings. The van der Waals surface area contributed by atoms with Gasteiger partial charge in [0.15, 0.2) is 0 Å². The monoisotopic (exact) mass is 268 g/mol. The normalized spacial score (nSPS) is 13.7. The molecule has 0 aromatic carbocycles. The van der Waals surface area contributed by atoms with Crippen LogP contribution in [0.2, 0.25) is 0 Å². The fraction of sp³-hybridized carbons (Fsp3) is 0.889. The number of aliphatic hydroxyl groups excluding tert-OH is 1. The predicted molar refractivity (Wildman–Crippen MR) is 86.6 cm³/mol.